The second kappa shape index (κ2) is 3.75. The Bertz CT molecular complexity index is 359. The molecule has 0 saturated carbocycles. The molecule has 3 N–H and O–H groups in total. The first-order valence-electron chi connectivity index (χ1n) is 3.61. The molecule has 0 spiro atoms. The van der Waals surface area contributed by atoms with Crippen molar-refractivity contribution in [3.8, 4) is 0 Å². The third kappa shape index (κ3) is 2.08. The molecule has 0 unspecified atom stereocenters. The highest BCUT2D eigenvalue weighted by molar-refractivity contribution is 5.96. The summed E-state index contributed by atoms with van der Waals surface area (Å²) in [5, 5.41) is 13.4. The van der Waals surface area contributed by atoms with E-state index in [1.54, 1.807) is 13.0 Å². The second-order valence-electron chi connectivity index (χ2n) is 2.55. The molecular formula is C8H9FN4. The zero-order valence-corrected chi connectivity index (χ0v) is 7.08. The minimum atomic E-state index is -0.489. The number of nitrogens with one attached hydrogen (secondary N) is 1. The zero-order valence-electron chi connectivity index (χ0n) is 7.08. The lowest BCUT2D eigenvalue weighted by molar-refractivity contribution is 0.623. The van der Waals surface area contributed by atoms with Gasteiger partial charge in [0, 0.05) is 0 Å². The molecule has 1 aromatic carbocycles. The van der Waals surface area contributed by atoms with Crippen LogP contribution in [0.15, 0.2) is 28.5 Å². The van der Waals surface area contributed by atoms with Crippen LogP contribution in [0.4, 0.5) is 4.39 Å². The Kier molecular flexibility index (Phi) is 2.69. The lowest BCUT2D eigenvalue weighted by Crippen LogP contribution is -1.99. The van der Waals surface area contributed by atoms with E-state index in [1.165, 1.54) is 12.1 Å². The lowest BCUT2D eigenvalue weighted by Gasteiger charge is -1.99. The quantitative estimate of drug-likeness (QED) is 0.223. The summed E-state index contributed by atoms with van der Waals surface area (Å²) < 4.78 is 13.1. The summed E-state index contributed by atoms with van der Waals surface area (Å²) in [5.74, 6) is 3.98. The maximum atomic E-state index is 13.1. The van der Waals surface area contributed by atoms with Crippen LogP contribution in [0.25, 0.3) is 0 Å². The highest BCUT2D eigenvalue weighted by Crippen LogP contribution is 2.10. The van der Waals surface area contributed by atoms with Gasteiger partial charge in [-0.2, -0.15) is 0 Å². The monoisotopic (exact) mass is 180 g/mol. The number of nitrogens with zero attached hydrogens (tertiary/aromatic N) is 2. The number of nitrogens with two attached hydrogens (primary N) is 1. The van der Waals surface area contributed by atoms with Crippen LogP contribution in [0.5, 0.6) is 0 Å². The second-order valence-corrected chi connectivity index (χ2v) is 2.55. The molecule has 0 bridgehead atoms. The van der Waals surface area contributed by atoms with E-state index in [-0.39, 0.29) is 11.4 Å². The largest absolute Gasteiger partial charge is 0.305 e. The molecule has 0 fully saturated rings. The molecule has 13 heavy (non-hydrogen) atoms. The van der Waals surface area contributed by atoms with Crippen molar-refractivity contribution in [2.75, 3.05) is 0 Å². The Morgan fingerprint density at radius 1 is 1.54 bits per heavy atom. The highest BCUT2D eigenvalue weighted by atomic mass is 19.1. The van der Waals surface area contributed by atoms with Gasteiger partial charge in [-0.1, -0.05) is 11.3 Å². The van der Waals surface area contributed by atoms with Crippen LogP contribution in [0.3, 0.4) is 0 Å². The molecule has 0 aliphatic carbocycles. The fourth-order valence-electron chi connectivity index (χ4n) is 0.924. The molecule has 4 nitrogen and oxygen atoms in total. The van der Waals surface area contributed by atoms with E-state index in [9.17, 15) is 4.39 Å². The van der Waals surface area contributed by atoms with Gasteiger partial charge in [-0.15, -0.1) is 5.11 Å². The molecule has 0 saturated heterocycles. The zero-order chi connectivity index (χ0) is 9.84. The third-order valence-corrected chi connectivity index (χ3v) is 1.54. The SMILES string of the molecule is Cc1ccc(C(=N)N=NN)c(F)c1. The molecule has 1 rings (SSSR count). The van der Waals surface area contributed by atoms with Crippen LogP contribution in [0.1, 0.15) is 11.1 Å². The van der Waals surface area contributed by atoms with Crippen molar-refractivity contribution in [2.45, 2.75) is 6.92 Å². The summed E-state index contributed by atoms with van der Waals surface area (Å²) in [4.78, 5) is 0. The van der Waals surface area contributed by atoms with E-state index in [4.69, 9.17) is 11.3 Å². The average molecular weight is 180 g/mol. The maximum absolute atomic E-state index is 13.1. The summed E-state index contributed by atoms with van der Waals surface area (Å²) in [6, 6.07) is 4.50. The van der Waals surface area contributed by atoms with Crippen molar-refractivity contribution in [3.05, 3.63) is 35.1 Å². The number of rotatable bonds is 1. The molecule has 5 heteroatoms. The molecule has 0 aliphatic heterocycles. The number of amidine groups is 1. The summed E-state index contributed by atoms with van der Waals surface area (Å²) in [5.41, 5.74) is 0.888. The van der Waals surface area contributed by atoms with Gasteiger partial charge in [-0.05, 0) is 24.6 Å². The average Bonchev–Trinajstić information content (AvgIpc) is 2.04. The molecule has 1 aromatic rings. The van der Waals surface area contributed by atoms with Gasteiger partial charge in [-0.3, -0.25) is 5.41 Å². The van der Waals surface area contributed by atoms with Gasteiger partial charge in [0.2, 0.25) is 0 Å². The van der Waals surface area contributed by atoms with E-state index in [0.717, 1.165) is 5.56 Å². The summed E-state index contributed by atoms with van der Waals surface area (Å²) in [6.07, 6.45) is 0. The first-order valence-corrected chi connectivity index (χ1v) is 3.61. The Hall–Kier alpha value is -1.78. The normalized spacial score (nSPS) is 10.6. The molecule has 0 radical (unpaired) electrons. The van der Waals surface area contributed by atoms with Crippen molar-refractivity contribution in [3.63, 3.8) is 0 Å². The van der Waals surface area contributed by atoms with Crippen molar-refractivity contribution < 1.29 is 4.39 Å². The van der Waals surface area contributed by atoms with E-state index < -0.39 is 5.82 Å². The van der Waals surface area contributed by atoms with E-state index >= 15 is 0 Å². The standard InChI is InChI=1S/C8H9FN4/c1-5-2-3-6(7(9)4-5)8(10)12-13-11/h2-4H,1H3,(H3,10,11,12). The van der Waals surface area contributed by atoms with Crippen molar-refractivity contribution in [2.24, 2.45) is 16.2 Å². The highest BCUT2D eigenvalue weighted by Gasteiger charge is 2.06. The van der Waals surface area contributed by atoms with E-state index in [1.807, 2.05) is 0 Å². The van der Waals surface area contributed by atoms with Crippen molar-refractivity contribution in [1.82, 2.24) is 0 Å². The Balaban J connectivity index is 3.09. The molecule has 68 valence electrons. The first-order chi connectivity index (χ1) is 6.15. The summed E-state index contributed by atoms with van der Waals surface area (Å²) in [6.45, 7) is 1.76. The molecule has 0 heterocycles. The minimum absolute atomic E-state index is 0.0970. The number of halogens is 1. The molecule has 0 atom stereocenters. The van der Waals surface area contributed by atoms with Crippen LogP contribution in [-0.4, -0.2) is 5.84 Å². The molecule has 0 aliphatic rings. The predicted molar refractivity (Wildman–Crippen MR) is 47.0 cm³/mol. The van der Waals surface area contributed by atoms with Crippen molar-refractivity contribution >= 4 is 5.84 Å². The van der Waals surface area contributed by atoms with Gasteiger partial charge in [0.05, 0.1) is 5.56 Å². The number of aryl methyl sites for hydroxylation is 1. The fourth-order valence-corrected chi connectivity index (χ4v) is 0.924. The van der Waals surface area contributed by atoms with E-state index in [0.29, 0.717) is 0 Å². The van der Waals surface area contributed by atoms with Gasteiger partial charge in [0.25, 0.3) is 0 Å². The minimum Gasteiger partial charge on any atom is -0.305 e. The van der Waals surface area contributed by atoms with Crippen molar-refractivity contribution in [1.29, 1.82) is 5.41 Å². The van der Waals surface area contributed by atoms with Crippen LogP contribution in [0, 0.1) is 18.2 Å². The Labute approximate surface area is 74.8 Å². The van der Waals surface area contributed by atoms with Crippen LogP contribution < -0.4 is 5.84 Å². The van der Waals surface area contributed by atoms with Crippen LogP contribution in [0.2, 0.25) is 0 Å². The van der Waals surface area contributed by atoms with E-state index in [2.05, 4.69) is 10.3 Å². The first kappa shape index (κ1) is 9.31. The summed E-state index contributed by atoms with van der Waals surface area (Å²) >= 11 is 0. The fraction of sp³-hybridized carbons (Fsp3) is 0.125. The third-order valence-electron chi connectivity index (χ3n) is 1.54. The topological polar surface area (TPSA) is 74.6 Å². The van der Waals surface area contributed by atoms with Gasteiger partial charge >= 0.3 is 0 Å². The molecule has 0 aromatic heterocycles. The molecule has 0 amide bonds. The molecular weight excluding hydrogens is 171 g/mol. The maximum Gasteiger partial charge on any atom is 0.179 e. The number of benzene rings is 1. The van der Waals surface area contributed by atoms with Gasteiger partial charge in [0.15, 0.2) is 5.84 Å². The predicted octanol–water partition coefficient (Wildman–Crippen LogP) is 1.79. The Morgan fingerprint density at radius 3 is 2.77 bits per heavy atom. The number of hydrogen-bond donors (Lipinski definition) is 2. The smallest absolute Gasteiger partial charge is 0.179 e. The number of hydrogen-bond acceptors (Lipinski definition) is 2. The summed E-state index contributed by atoms with van der Waals surface area (Å²) in [7, 11) is 0. The lowest BCUT2D eigenvalue weighted by atomic mass is 10.1. The van der Waals surface area contributed by atoms with Crippen LogP contribution in [-0.2, 0) is 0 Å². The Morgan fingerprint density at radius 2 is 2.23 bits per heavy atom. The van der Waals surface area contributed by atoms with Crippen LogP contribution >= 0.6 is 0 Å². The van der Waals surface area contributed by atoms with Gasteiger partial charge < -0.3 is 5.84 Å². The van der Waals surface area contributed by atoms with Gasteiger partial charge in [-0.25, -0.2) is 4.39 Å². The van der Waals surface area contributed by atoms with Gasteiger partial charge in [0.1, 0.15) is 5.82 Å².